The second-order valence-corrected chi connectivity index (χ2v) is 5.17. The Labute approximate surface area is 114 Å². The monoisotopic (exact) mass is 253 g/mol. The molecule has 1 aliphatic rings. The zero-order valence-electron chi connectivity index (χ0n) is 11.4. The summed E-state index contributed by atoms with van der Waals surface area (Å²) in [6.07, 6.45) is 2.29. The predicted molar refractivity (Wildman–Crippen MR) is 78.9 cm³/mol. The minimum atomic E-state index is 0.396. The average Bonchev–Trinajstić information content (AvgIpc) is 2.84. The lowest BCUT2D eigenvalue weighted by Gasteiger charge is -2.16. The number of nitrogens with one attached hydrogen (secondary N) is 1. The predicted octanol–water partition coefficient (Wildman–Crippen LogP) is 4.10. The normalized spacial score (nSPS) is 17.1. The molecular weight excluding hydrogens is 234 g/mol. The van der Waals surface area contributed by atoms with Crippen molar-refractivity contribution in [2.45, 2.75) is 25.8 Å². The maximum Gasteiger partial charge on any atom is 0.119 e. The average molecular weight is 253 g/mol. The first-order valence-corrected chi connectivity index (χ1v) is 6.76. The molecule has 0 spiro atoms. The van der Waals surface area contributed by atoms with Crippen molar-refractivity contribution in [1.82, 2.24) is 0 Å². The molecule has 0 saturated heterocycles. The van der Waals surface area contributed by atoms with Crippen LogP contribution in [-0.4, -0.2) is 7.11 Å². The molecular formula is C17H19NO. The highest BCUT2D eigenvalue weighted by Gasteiger charge is 2.22. The highest BCUT2D eigenvalue weighted by atomic mass is 16.5. The lowest BCUT2D eigenvalue weighted by molar-refractivity contribution is 0.414. The highest BCUT2D eigenvalue weighted by Crippen LogP contribution is 2.36. The summed E-state index contributed by atoms with van der Waals surface area (Å²) in [5.74, 6) is 0.941. The number of fused-ring (bicyclic) bond motifs is 1. The molecule has 19 heavy (non-hydrogen) atoms. The fourth-order valence-corrected chi connectivity index (χ4v) is 2.71. The fourth-order valence-electron chi connectivity index (χ4n) is 2.71. The van der Waals surface area contributed by atoms with E-state index in [2.05, 4.69) is 48.6 Å². The van der Waals surface area contributed by atoms with Crippen LogP contribution >= 0.6 is 0 Å². The molecule has 0 bridgehead atoms. The molecule has 3 rings (SSSR count). The summed E-state index contributed by atoms with van der Waals surface area (Å²) in [5.41, 5.74) is 5.29. The van der Waals surface area contributed by atoms with Crippen molar-refractivity contribution in [2.75, 3.05) is 12.4 Å². The van der Waals surface area contributed by atoms with Gasteiger partial charge in [0.2, 0.25) is 0 Å². The van der Waals surface area contributed by atoms with Gasteiger partial charge in [-0.15, -0.1) is 0 Å². The minimum absolute atomic E-state index is 0.396. The number of aryl methyl sites for hydroxylation is 2. The van der Waals surface area contributed by atoms with Crippen molar-refractivity contribution in [3.8, 4) is 5.75 Å². The Kier molecular flexibility index (Phi) is 3.16. The van der Waals surface area contributed by atoms with Crippen LogP contribution in [0.25, 0.3) is 0 Å². The number of methoxy groups -OCH3 is 1. The standard InChI is InChI=1S/C17H19NO/c1-12-3-7-14(8-4-12)18-17-10-6-13-5-9-15(19-2)11-16(13)17/h3-5,7-9,11,17-18H,6,10H2,1-2H3. The maximum absolute atomic E-state index is 5.33. The molecule has 0 heterocycles. The molecule has 1 N–H and O–H groups in total. The van der Waals surface area contributed by atoms with Gasteiger partial charge in [0.15, 0.2) is 0 Å². The van der Waals surface area contributed by atoms with Crippen molar-refractivity contribution in [1.29, 1.82) is 0 Å². The third-order valence-electron chi connectivity index (χ3n) is 3.82. The molecule has 0 radical (unpaired) electrons. The lowest BCUT2D eigenvalue weighted by Crippen LogP contribution is -2.07. The molecule has 98 valence electrons. The van der Waals surface area contributed by atoms with Crippen molar-refractivity contribution >= 4 is 5.69 Å². The zero-order valence-corrected chi connectivity index (χ0v) is 11.4. The SMILES string of the molecule is COc1ccc2c(c1)C(Nc1ccc(C)cc1)CC2. The van der Waals surface area contributed by atoms with Crippen LogP contribution in [0.2, 0.25) is 0 Å². The minimum Gasteiger partial charge on any atom is -0.497 e. The third kappa shape index (κ3) is 2.43. The van der Waals surface area contributed by atoms with Crippen LogP contribution in [0, 0.1) is 6.92 Å². The van der Waals surface area contributed by atoms with Crippen LogP contribution in [0.4, 0.5) is 5.69 Å². The van der Waals surface area contributed by atoms with Gasteiger partial charge in [-0.05, 0) is 55.2 Å². The summed E-state index contributed by atoms with van der Waals surface area (Å²) in [6, 6.07) is 15.4. The van der Waals surface area contributed by atoms with Gasteiger partial charge in [0.25, 0.3) is 0 Å². The summed E-state index contributed by atoms with van der Waals surface area (Å²) in [5, 5.41) is 3.62. The summed E-state index contributed by atoms with van der Waals surface area (Å²) in [4.78, 5) is 0. The Bertz CT molecular complexity index is 574. The molecule has 1 atom stereocenters. The highest BCUT2D eigenvalue weighted by molar-refractivity contribution is 5.50. The quantitative estimate of drug-likeness (QED) is 0.889. The van der Waals surface area contributed by atoms with Crippen LogP contribution in [0.3, 0.4) is 0 Å². The topological polar surface area (TPSA) is 21.3 Å². The Hall–Kier alpha value is -1.96. The number of hydrogen-bond donors (Lipinski definition) is 1. The molecule has 1 unspecified atom stereocenters. The van der Waals surface area contributed by atoms with Gasteiger partial charge in [0.1, 0.15) is 5.75 Å². The third-order valence-corrected chi connectivity index (χ3v) is 3.82. The zero-order chi connectivity index (χ0) is 13.2. The van der Waals surface area contributed by atoms with Gasteiger partial charge in [0.05, 0.1) is 13.2 Å². The van der Waals surface area contributed by atoms with Crippen LogP contribution in [0.1, 0.15) is 29.2 Å². The van der Waals surface area contributed by atoms with E-state index in [-0.39, 0.29) is 0 Å². The van der Waals surface area contributed by atoms with E-state index in [4.69, 9.17) is 4.74 Å². The smallest absolute Gasteiger partial charge is 0.119 e. The molecule has 0 amide bonds. The summed E-state index contributed by atoms with van der Waals surface area (Å²) in [7, 11) is 1.72. The maximum atomic E-state index is 5.33. The Balaban J connectivity index is 1.83. The van der Waals surface area contributed by atoms with E-state index in [1.807, 2.05) is 6.07 Å². The van der Waals surface area contributed by atoms with E-state index in [1.54, 1.807) is 7.11 Å². The van der Waals surface area contributed by atoms with Gasteiger partial charge < -0.3 is 10.1 Å². The molecule has 2 aromatic rings. The number of hydrogen-bond acceptors (Lipinski definition) is 2. The largest absolute Gasteiger partial charge is 0.497 e. The molecule has 1 aliphatic carbocycles. The summed E-state index contributed by atoms with van der Waals surface area (Å²) in [6.45, 7) is 2.11. The second kappa shape index (κ2) is 4.96. The van der Waals surface area contributed by atoms with Gasteiger partial charge in [-0.2, -0.15) is 0 Å². The van der Waals surface area contributed by atoms with E-state index in [9.17, 15) is 0 Å². The fraction of sp³-hybridized carbons (Fsp3) is 0.294. The first-order valence-electron chi connectivity index (χ1n) is 6.76. The van der Waals surface area contributed by atoms with Crippen molar-refractivity contribution in [3.05, 3.63) is 59.2 Å². The van der Waals surface area contributed by atoms with Crippen LogP contribution in [-0.2, 0) is 6.42 Å². The van der Waals surface area contributed by atoms with Gasteiger partial charge in [-0.1, -0.05) is 23.8 Å². The number of rotatable bonds is 3. The number of anilines is 1. The molecule has 0 aliphatic heterocycles. The van der Waals surface area contributed by atoms with Crippen LogP contribution in [0.15, 0.2) is 42.5 Å². The van der Waals surface area contributed by atoms with Gasteiger partial charge in [0, 0.05) is 5.69 Å². The molecule has 0 aromatic heterocycles. The van der Waals surface area contributed by atoms with E-state index < -0.39 is 0 Å². The van der Waals surface area contributed by atoms with E-state index in [1.165, 1.54) is 22.4 Å². The number of ether oxygens (including phenoxy) is 1. The van der Waals surface area contributed by atoms with Gasteiger partial charge in [-0.3, -0.25) is 0 Å². The molecule has 2 heteroatoms. The van der Waals surface area contributed by atoms with Gasteiger partial charge >= 0.3 is 0 Å². The van der Waals surface area contributed by atoms with Gasteiger partial charge in [-0.25, -0.2) is 0 Å². The van der Waals surface area contributed by atoms with Crippen LogP contribution in [0.5, 0.6) is 5.75 Å². The molecule has 0 fully saturated rings. The first-order chi connectivity index (χ1) is 9.26. The summed E-state index contributed by atoms with van der Waals surface area (Å²) < 4.78 is 5.33. The first kappa shape index (κ1) is 12.1. The lowest BCUT2D eigenvalue weighted by atomic mass is 10.1. The Morgan fingerprint density at radius 2 is 1.89 bits per heavy atom. The van der Waals surface area contributed by atoms with Crippen molar-refractivity contribution < 1.29 is 4.74 Å². The Morgan fingerprint density at radius 1 is 1.11 bits per heavy atom. The molecule has 2 aromatic carbocycles. The summed E-state index contributed by atoms with van der Waals surface area (Å²) >= 11 is 0. The Morgan fingerprint density at radius 3 is 2.63 bits per heavy atom. The van der Waals surface area contributed by atoms with Crippen molar-refractivity contribution in [2.24, 2.45) is 0 Å². The van der Waals surface area contributed by atoms with E-state index in [0.717, 1.165) is 18.6 Å². The van der Waals surface area contributed by atoms with E-state index >= 15 is 0 Å². The van der Waals surface area contributed by atoms with Crippen molar-refractivity contribution in [3.63, 3.8) is 0 Å². The second-order valence-electron chi connectivity index (χ2n) is 5.17. The number of benzene rings is 2. The van der Waals surface area contributed by atoms with Crippen LogP contribution < -0.4 is 10.1 Å². The molecule has 0 saturated carbocycles. The van der Waals surface area contributed by atoms with E-state index in [0.29, 0.717) is 6.04 Å². The molecule has 2 nitrogen and oxygen atoms in total.